The number of carbonyl (C=O) groups excluding carboxylic acids is 1. The molecule has 1 heterocycles. The van der Waals surface area contributed by atoms with Crippen LogP contribution in [-0.2, 0) is 6.54 Å². The number of hydrogen-bond donors (Lipinski definition) is 2. The van der Waals surface area contributed by atoms with E-state index in [9.17, 15) is 9.90 Å². The summed E-state index contributed by atoms with van der Waals surface area (Å²) >= 11 is 0. The van der Waals surface area contributed by atoms with Crippen LogP contribution in [0.4, 0.5) is 0 Å². The van der Waals surface area contributed by atoms with E-state index >= 15 is 0 Å². The van der Waals surface area contributed by atoms with Crippen LogP contribution in [0.2, 0.25) is 0 Å². The Labute approximate surface area is 145 Å². The number of amides is 1. The molecule has 0 bridgehead atoms. The van der Waals surface area contributed by atoms with Crippen LogP contribution in [-0.4, -0.2) is 41.1 Å². The first-order chi connectivity index (χ1) is 11.6. The van der Waals surface area contributed by atoms with Gasteiger partial charge in [0.25, 0.3) is 5.91 Å². The Morgan fingerprint density at radius 2 is 1.62 bits per heavy atom. The number of rotatable bonds is 5. The molecule has 0 spiro atoms. The second-order valence-corrected chi connectivity index (χ2v) is 7.50. The number of carbonyl (C=O) groups is 1. The summed E-state index contributed by atoms with van der Waals surface area (Å²) in [4.78, 5) is 14.8. The van der Waals surface area contributed by atoms with Gasteiger partial charge in [-0.25, -0.2) is 0 Å². The second-order valence-electron chi connectivity index (χ2n) is 7.50. The highest BCUT2D eigenvalue weighted by Gasteiger charge is 2.28. The van der Waals surface area contributed by atoms with Crippen LogP contribution in [0, 0.1) is 0 Å². The maximum absolute atomic E-state index is 12.3. The summed E-state index contributed by atoms with van der Waals surface area (Å²) < 4.78 is 0. The predicted octanol–water partition coefficient (Wildman–Crippen LogP) is 3.10. The lowest BCUT2D eigenvalue weighted by molar-refractivity contribution is 0.0246. The number of hydrogen-bond acceptors (Lipinski definition) is 3. The van der Waals surface area contributed by atoms with Crippen molar-refractivity contribution < 1.29 is 9.90 Å². The highest BCUT2D eigenvalue weighted by atomic mass is 16.3. The van der Waals surface area contributed by atoms with Crippen molar-refractivity contribution in [2.75, 3.05) is 19.6 Å². The molecule has 0 unspecified atom stereocenters. The Hall–Kier alpha value is -1.39. The molecule has 1 amide bonds. The number of aliphatic hydroxyl groups is 1. The molecule has 1 aliphatic carbocycles. The summed E-state index contributed by atoms with van der Waals surface area (Å²) in [5.41, 5.74) is 1.22. The second kappa shape index (κ2) is 8.13. The van der Waals surface area contributed by atoms with E-state index in [1.54, 1.807) is 0 Å². The first-order valence-corrected chi connectivity index (χ1v) is 9.47. The Bertz CT molecular complexity index is 527. The third-order valence-electron chi connectivity index (χ3n) is 5.43. The third-order valence-corrected chi connectivity index (χ3v) is 5.43. The SMILES string of the molecule is O=C(NCC1(O)CCCCCC1)c1ccc(CN2CCCC2)cc1. The molecule has 2 N–H and O–H groups in total. The van der Waals surface area contributed by atoms with E-state index in [1.165, 1.54) is 44.3 Å². The molecule has 4 heteroatoms. The Morgan fingerprint density at radius 3 is 2.25 bits per heavy atom. The predicted molar refractivity (Wildman–Crippen MR) is 95.9 cm³/mol. The maximum Gasteiger partial charge on any atom is 0.251 e. The van der Waals surface area contributed by atoms with Crippen molar-refractivity contribution in [3.05, 3.63) is 35.4 Å². The smallest absolute Gasteiger partial charge is 0.251 e. The van der Waals surface area contributed by atoms with Crippen LogP contribution in [0.5, 0.6) is 0 Å². The first-order valence-electron chi connectivity index (χ1n) is 9.47. The van der Waals surface area contributed by atoms with Gasteiger partial charge in [0.1, 0.15) is 0 Å². The highest BCUT2D eigenvalue weighted by Crippen LogP contribution is 2.26. The average Bonchev–Trinajstić information content (AvgIpc) is 3.00. The van der Waals surface area contributed by atoms with Gasteiger partial charge in [0.2, 0.25) is 0 Å². The van der Waals surface area contributed by atoms with Crippen LogP contribution in [0.1, 0.15) is 67.3 Å². The topological polar surface area (TPSA) is 52.6 Å². The zero-order chi connectivity index (χ0) is 16.8. The van der Waals surface area contributed by atoms with Crippen molar-refractivity contribution in [2.24, 2.45) is 0 Å². The Morgan fingerprint density at radius 1 is 1.00 bits per heavy atom. The van der Waals surface area contributed by atoms with Gasteiger partial charge in [0, 0.05) is 18.7 Å². The van der Waals surface area contributed by atoms with E-state index in [0.29, 0.717) is 12.1 Å². The summed E-state index contributed by atoms with van der Waals surface area (Å²) in [5.74, 6) is -0.0830. The van der Waals surface area contributed by atoms with Crippen molar-refractivity contribution in [1.82, 2.24) is 10.2 Å². The van der Waals surface area contributed by atoms with Crippen LogP contribution in [0.15, 0.2) is 24.3 Å². The third kappa shape index (κ3) is 4.81. The fraction of sp³-hybridized carbons (Fsp3) is 0.650. The van der Waals surface area contributed by atoms with Crippen molar-refractivity contribution in [3.63, 3.8) is 0 Å². The van der Waals surface area contributed by atoms with Crippen LogP contribution in [0.25, 0.3) is 0 Å². The number of benzene rings is 1. The molecule has 4 nitrogen and oxygen atoms in total. The summed E-state index contributed by atoms with van der Waals surface area (Å²) in [6, 6.07) is 7.90. The van der Waals surface area contributed by atoms with Gasteiger partial charge < -0.3 is 10.4 Å². The summed E-state index contributed by atoms with van der Waals surface area (Å²) in [7, 11) is 0. The van der Waals surface area contributed by atoms with E-state index in [2.05, 4.69) is 10.2 Å². The fourth-order valence-corrected chi connectivity index (χ4v) is 3.87. The molecule has 0 atom stereocenters. The van der Waals surface area contributed by atoms with Gasteiger partial charge in [-0.15, -0.1) is 0 Å². The van der Waals surface area contributed by atoms with Gasteiger partial charge >= 0.3 is 0 Å². The van der Waals surface area contributed by atoms with E-state index in [1.807, 2.05) is 24.3 Å². The molecule has 24 heavy (non-hydrogen) atoms. The van der Waals surface area contributed by atoms with E-state index in [4.69, 9.17) is 0 Å². The van der Waals surface area contributed by atoms with Crippen LogP contribution >= 0.6 is 0 Å². The first kappa shape index (κ1) is 17.4. The number of likely N-dealkylation sites (tertiary alicyclic amines) is 1. The average molecular weight is 330 g/mol. The highest BCUT2D eigenvalue weighted by molar-refractivity contribution is 5.94. The van der Waals surface area contributed by atoms with Gasteiger partial charge in [-0.05, 0) is 56.5 Å². The van der Waals surface area contributed by atoms with Gasteiger partial charge in [0.15, 0.2) is 0 Å². The lowest BCUT2D eigenvalue weighted by atomic mass is 9.94. The summed E-state index contributed by atoms with van der Waals surface area (Å²) in [6.07, 6.45) is 8.66. The normalized spacial score (nSPS) is 21.4. The van der Waals surface area contributed by atoms with Crippen molar-refractivity contribution in [1.29, 1.82) is 0 Å². The molecular formula is C20H30N2O2. The molecule has 1 aliphatic heterocycles. The van der Waals surface area contributed by atoms with Crippen molar-refractivity contribution >= 4 is 5.91 Å². The maximum atomic E-state index is 12.3. The van der Waals surface area contributed by atoms with Gasteiger partial charge in [0.05, 0.1) is 5.60 Å². The minimum absolute atomic E-state index is 0.0830. The quantitative estimate of drug-likeness (QED) is 0.816. The minimum Gasteiger partial charge on any atom is -0.388 e. The molecule has 132 valence electrons. The zero-order valence-electron chi connectivity index (χ0n) is 14.6. The summed E-state index contributed by atoms with van der Waals surface area (Å²) in [6.45, 7) is 3.70. The number of nitrogens with one attached hydrogen (secondary N) is 1. The van der Waals surface area contributed by atoms with Crippen LogP contribution < -0.4 is 5.32 Å². The van der Waals surface area contributed by atoms with Crippen molar-refractivity contribution in [3.8, 4) is 0 Å². The minimum atomic E-state index is -0.720. The molecular weight excluding hydrogens is 300 g/mol. The Balaban J connectivity index is 1.50. The molecule has 2 aliphatic rings. The van der Waals surface area contributed by atoms with Crippen molar-refractivity contribution in [2.45, 2.75) is 63.5 Å². The van der Waals surface area contributed by atoms with Gasteiger partial charge in [-0.1, -0.05) is 37.8 Å². The lowest BCUT2D eigenvalue weighted by Gasteiger charge is -2.26. The van der Waals surface area contributed by atoms with E-state index in [0.717, 1.165) is 32.2 Å². The molecule has 3 rings (SSSR count). The van der Waals surface area contributed by atoms with E-state index in [-0.39, 0.29) is 5.91 Å². The molecule has 1 saturated carbocycles. The standard InChI is InChI=1S/C20H30N2O2/c23-19(21-16-20(24)11-3-1-2-4-12-20)18-9-7-17(8-10-18)15-22-13-5-6-14-22/h7-10,24H,1-6,11-16H2,(H,21,23). The van der Waals surface area contributed by atoms with Gasteiger partial charge in [-0.3, -0.25) is 9.69 Å². The zero-order valence-corrected chi connectivity index (χ0v) is 14.6. The molecule has 0 aromatic heterocycles. The monoisotopic (exact) mass is 330 g/mol. The largest absolute Gasteiger partial charge is 0.388 e. The molecule has 0 radical (unpaired) electrons. The fourth-order valence-electron chi connectivity index (χ4n) is 3.87. The van der Waals surface area contributed by atoms with E-state index < -0.39 is 5.60 Å². The van der Waals surface area contributed by atoms with Gasteiger partial charge in [-0.2, -0.15) is 0 Å². The lowest BCUT2D eigenvalue weighted by Crippen LogP contribution is -2.42. The van der Waals surface area contributed by atoms with Crippen LogP contribution in [0.3, 0.4) is 0 Å². The molecule has 1 saturated heterocycles. The molecule has 2 fully saturated rings. The summed E-state index contributed by atoms with van der Waals surface area (Å²) in [5, 5.41) is 13.6. The Kier molecular flexibility index (Phi) is 5.90. The number of nitrogens with zero attached hydrogens (tertiary/aromatic N) is 1. The molecule has 1 aromatic rings. The molecule has 1 aromatic carbocycles.